The quantitative estimate of drug-likeness (QED) is 0.867. The number of imidazole rings is 1. The Hall–Kier alpha value is -2.02. The third-order valence-corrected chi connectivity index (χ3v) is 4.36. The van der Waals surface area contributed by atoms with E-state index >= 15 is 0 Å². The van der Waals surface area contributed by atoms with Crippen LogP contribution in [0.4, 0.5) is 9.18 Å². The zero-order valence-corrected chi connectivity index (χ0v) is 14.2. The molecule has 1 heterocycles. The first-order chi connectivity index (χ1) is 10.9. The van der Waals surface area contributed by atoms with Gasteiger partial charge in [0.2, 0.25) is 0 Å². The summed E-state index contributed by atoms with van der Waals surface area (Å²) >= 11 is 1.45. The molecule has 0 bridgehead atoms. The summed E-state index contributed by atoms with van der Waals surface area (Å²) in [5, 5.41) is 0.927. The van der Waals surface area contributed by atoms with E-state index in [1.165, 1.54) is 23.9 Å². The number of hydrogen-bond acceptors (Lipinski definition) is 4. The second-order valence-corrected chi connectivity index (χ2v) is 6.35. The van der Waals surface area contributed by atoms with Crippen molar-refractivity contribution in [3.8, 4) is 0 Å². The fourth-order valence-electron chi connectivity index (χ4n) is 2.20. The van der Waals surface area contributed by atoms with Gasteiger partial charge >= 0.3 is 6.09 Å². The second-order valence-electron chi connectivity index (χ2n) is 5.28. The van der Waals surface area contributed by atoms with Gasteiger partial charge in [0.1, 0.15) is 16.7 Å². The van der Waals surface area contributed by atoms with Crippen LogP contribution in [0.15, 0.2) is 34.2 Å². The lowest BCUT2D eigenvalue weighted by Crippen LogP contribution is -2.15. The van der Waals surface area contributed by atoms with E-state index in [1.54, 1.807) is 6.07 Å². The third-order valence-electron chi connectivity index (χ3n) is 3.24. The Kier molecular flexibility index (Phi) is 5.65. The first kappa shape index (κ1) is 17.3. The molecular formula is C16H20FN3O2S. The largest absolute Gasteiger partial charge is 0.442 e. The van der Waals surface area contributed by atoms with Crippen LogP contribution in [-0.2, 0) is 17.9 Å². The number of benzene rings is 1. The minimum Gasteiger partial charge on any atom is -0.442 e. The number of halogens is 1. The fourth-order valence-corrected chi connectivity index (χ4v) is 3.47. The number of hydrogen-bond donors (Lipinski definition) is 1. The Morgan fingerprint density at radius 3 is 2.78 bits per heavy atom. The van der Waals surface area contributed by atoms with Crippen LogP contribution in [0.2, 0.25) is 0 Å². The number of amides is 1. The van der Waals surface area contributed by atoms with Crippen LogP contribution in [-0.4, -0.2) is 15.6 Å². The maximum Gasteiger partial charge on any atom is 0.404 e. The lowest BCUT2D eigenvalue weighted by atomic mass is 10.1. The van der Waals surface area contributed by atoms with E-state index in [0.29, 0.717) is 12.4 Å². The third kappa shape index (κ3) is 4.25. The first-order valence-corrected chi connectivity index (χ1v) is 8.19. The van der Waals surface area contributed by atoms with Gasteiger partial charge in [-0.3, -0.25) is 0 Å². The van der Waals surface area contributed by atoms with Crippen LogP contribution in [0.5, 0.6) is 0 Å². The molecule has 1 aromatic heterocycles. The molecule has 23 heavy (non-hydrogen) atoms. The fraction of sp³-hybridized carbons (Fsp3) is 0.375. The lowest BCUT2D eigenvalue weighted by Gasteiger charge is -2.11. The lowest BCUT2D eigenvalue weighted by molar-refractivity contribution is 0.145. The van der Waals surface area contributed by atoms with E-state index in [2.05, 4.69) is 4.98 Å². The minimum absolute atomic E-state index is 0.0204. The molecule has 0 aliphatic heterocycles. The van der Waals surface area contributed by atoms with Crippen molar-refractivity contribution in [2.24, 2.45) is 5.73 Å². The number of carbonyl (C=O) groups is 1. The maximum absolute atomic E-state index is 13.4. The Morgan fingerprint density at radius 1 is 1.48 bits per heavy atom. The molecule has 5 nitrogen and oxygen atoms in total. The van der Waals surface area contributed by atoms with Gasteiger partial charge in [0.05, 0.1) is 5.69 Å². The predicted molar refractivity (Wildman–Crippen MR) is 86.9 cm³/mol. The molecule has 2 N–H and O–H groups in total. The van der Waals surface area contributed by atoms with E-state index in [4.69, 9.17) is 10.5 Å². The van der Waals surface area contributed by atoms with E-state index in [1.807, 2.05) is 31.4 Å². The molecular weight excluding hydrogens is 317 g/mol. The SMILES string of the molecule is CCn1c(COC(N)=O)nc(C(C)C)c1Sc1cccc(F)c1. The van der Waals surface area contributed by atoms with Crippen molar-refractivity contribution in [1.82, 2.24) is 9.55 Å². The molecule has 0 saturated carbocycles. The number of carbonyl (C=O) groups excluding carboxylic acids is 1. The standard InChI is InChI=1S/C16H20FN3O2S/c1-4-20-13(9-22-16(18)21)19-14(10(2)3)15(20)23-12-7-5-6-11(17)8-12/h5-8,10H,4,9H2,1-3H3,(H2,18,21). The monoisotopic (exact) mass is 337 g/mol. The predicted octanol–water partition coefficient (Wildman–Crippen LogP) is 3.91. The van der Waals surface area contributed by atoms with Crippen molar-refractivity contribution >= 4 is 17.9 Å². The number of primary amides is 1. The molecule has 7 heteroatoms. The number of aromatic nitrogens is 2. The van der Waals surface area contributed by atoms with E-state index in [0.717, 1.165) is 15.6 Å². The van der Waals surface area contributed by atoms with Gasteiger partial charge in [0, 0.05) is 11.4 Å². The molecule has 2 aromatic rings. The van der Waals surface area contributed by atoms with Crippen LogP contribution in [0.1, 0.15) is 38.2 Å². The molecule has 0 fully saturated rings. The minimum atomic E-state index is -0.832. The zero-order chi connectivity index (χ0) is 17.0. The van der Waals surface area contributed by atoms with Crippen LogP contribution in [0.3, 0.4) is 0 Å². The number of rotatable bonds is 6. The summed E-state index contributed by atoms with van der Waals surface area (Å²) in [7, 11) is 0. The molecule has 0 atom stereocenters. The Morgan fingerprint density at radius 2 is 2.22 bits per heavy atom. The topological polar surface area (TPSA) is 70.1 Å². The molecule has 124 valence electrons. The molecule has 0 aliphatic carbocycles. The molecule has 0 radical (unpaired) electrons. The average molecular weight is 337 g/mol. The van der Waals surface area contributed by atoms with Crippen LogP contribution in [0.25, 0.3) is 0 Å². The summed E-state index contributed by atoms with van der Waals surface area (Å²) in [6.45, 7) is 6.74. The highest BCUT2D eigenvalue weighted by Crippen LogP contribution is 2.35. The Balaban J connectivity index is 2.40. The van der Waals surface area contributed by atoms with Gasteiger partial charge in [0.25, 0.3) is 0 Å². The van der Waals surface area contributed by atoms with Crippen molar-refractivity contribution in [2.75, 3.05) is 0 Å². The van der Waals surface area contributed by atoms with Gasteiger partial charge in [0.15, 0.2) is 6.61 Å². The van der Waals surface area contributed by atoms with Crippen molar-refractivity contribution in [2.45, 2.75) is 49.8 Å². The number of ether oxygens (including phenoxy) is 1. The van der Waals surface area contributed by atoms with Gasteiger partial charge in [-0.1, -0.05) is 31.7 Å². The first-order valence-electron chi connectivity index (χ1n) is 7.37. The van der Waals surface area contributed by atoms with Gasteiger partial charge in [-0.05, 0) is 31.0 Å². The van der Waals surface area contributed by atoms with E-state index in [-0.39, 0.29) is 18.3 Å². The van der Waals surface area contributed by atoms with Crippen molar-refractivity contribution in [3.63, 3.8) is 0 Å². The summed E-state index contributed by atoms with van der Waals surface area (Å²) in [6.07, 6.45) is -0.832. The average Bonchev–Trinajstić information content (AvgIpc) is 2.83. The van der Waals surface area contributed by atoms with Crippen molar-refractivity contribution in [3.05, 3.63) is 41.6 Å². The normalized spacial score (nSPS) is 11.0. The highest BCUT2D eigenvalue weighted by Gasteiger charge is 2.20. The zero-order valence-electron chi connectivity index (χ0n) is 13.4. The molecule has 0 aliphatic rings. The second kappa shape index (κ2) is 7.50. The maximum atomic E-state index is 13.4. The van der Waals surface area contributed by atoms with Crippen LogP contribution >= 0.6 is 11.8 Å². The van der Waals surface area contributed by atoms with Gasteiger partial charge in [-0.25, -0.2) is 14.2 Å². The highest BCUT2D eigenvalue weighted by atomic mass is 32.2. The van der Waals surface area contributed by atoms with Gasteiger partial charge in [-0.15, -0.1) is 0 Å². The van der Waals surface area contributed by atoms with Crippen LogP contribution in [0, 0.1) is 5.82 Å². The highest BCUT2D eigenvalue weighted by molar-refractivity contribution is 7.99. The molecule has 0 unspecified atom stereocenters. The summed E-state index contributed by atoms with van der Waals surface area (Å²) in [4.78, 5) is 16.2. The summed E-state index contributed by atoms with van der Waals surface area (Å²) in [5.74, 6) is 0.543. The summed E-state index contributed by atoms with van der Waals surface area (Å²) in [5.41, 5.74) is 5.92. The van der Waals surface area contributed by atoms with Crippen molar-refractivity contribution in [1.29, 1.82) is 0 Å². The number of nitrogens with zero attached hydrogens (tertiary/aromatic N) is 2. The van der Waals surface area contributed by atoms with Gasteiger partial charge < -0.3 is 15.0 Å². The molecule has 1 aromatic carbocycles. The molecule has 0 saturated heterocycles. The summed E-state index contributed by atoms with van der Waals surface area (Å²) in [6, 6.07) is 6.43. The molecule has 1 amide bonds. The molecule has 0 spiro atoms. The molecule has 2 rings (SSSR count). The summed E-state index contributed by atoms with van der Waals surface area (Å²) < 4.78 is 20.3. The Labute approximate surface area is 139 Å². The van der Waals surface area contributed by atoms with Crippen molar-refractivity contribution < 1.29 is 13.9 Å². The van der Waals surface area contributed by atoms with Gasteiger partial charge in [-0.2, -0.15) is 0 Å². The Bertz CT molecular complexity index is 701. The van der Waals surface area contributed by atoms with Crippen LogP contribution < -0.4 is 5.73 Å². The number of nitrogens with two attached hydrogens (primary N) is 1. The van der Waals surface area contributed by atoms with E-state index < -0.39 is 6.09 Å². The smallest absolute Gasteiger partial charge is 0.404 e. The van der Waals surface area contributed by atoms with E-state index in [9.17, 15) is 9.18 Å².